The minimum Gasteiger partial charge on any atom is -0.398 e. The second-order valence-corrected chi connectivity index (χ2v) is 7.07. The van der Waals surface area contributed by atoms with Crippen molar-refractivity contribution in [3.05, 3.63) is 23.3 Å². The maximum absolute atomic E-state index is 12.6. The van der Waals surface area contributed by atoms with E-state index >= 15 is 0 Å². The first-order valence-electron chi connectivity index (χ1n) is 7.12. The zero-order valence-corrected chi connectivity index (χ0v) is 13.9. The predicted molar refractivity (Wildman–Crippen MR) is 84.3 cm³/mol. The molecular formula is C15H26N2O2S. The van der Waals surface area contributed by atoms with Crippen molar-refractivity contribution in [2.45, 2.75) is 64.3 Å². The van der Waals surface area contributed by atoms with E-state index in [9.17, 15) is 8.42 Å². The third kappa shape index (κ3) is 3.33. The van der Waals surface area contributed by atoms with Crippen LogP contribution in [0.4, 0.5) is 5.69 Å². The van der Waals surface area contributed by atoms with Crippen molar-refractivity contribution >= 4 is 15.7 Å². The molecule has 0 bridgehead atoms. The number of hydrogen-bond donors (Lipinski definition) is 2. The smallest absolute Gasteiger partial charge is 0.243 e. The Balaban J connectivity index is 3.28. The van der Waals surface area contributed by atoms with Crippen molar-refractivity contribution in [2.24, 2.45) is 0 Å². The van der Waals surface area contributed by atoms with E-state index in [-0.39, 0.29) is 4.90 Å². The molecule has 0 unspecified atom stereocenters. The Morgan fingerprint density at radius 2 is 1.50 bits per heavy atom. The molecule has 1 rings (SSSR count). The summed E-state index contributed by atoms with van der Waals surface area (Å²) in [4.78, 5) is 0.181. The first kappa shape index (κ1) is 17.0. The zero-order chi connectivity index (χ0) is 15.6. The molecule has 4 nitrogen and oxygen atoms in total. The van der Waals surface area contributed by atoms with Crippen LogP contribution in [0, 0.1) is 13.8 Å². The Morgan fingerprint density at radius 1 is 1.05 bits per heavy atom. The highest BCUT2D eigenvalue weighted by molar-refractivity contribution is 7.89. The molecule has 3 N–H and O–H groups in total. The molecule has 0 radical (unpaired) electrons. The van der Waals surface area contributed by atoms with Gasteiger partial charge in [-0.25, -0.2) is 13.1 Å². The second-order valence-electron chi connectivity index (χ2n) is 5.42. The van der Waals surface area contributed by atoms with Gasteiger partial charge in [-0.3, -0.25) is 0 Å². The van der Waals surface area contributed by atoms with Gasteiger partial charge in [-0.1, -0.05) is 20.8 Å². The highest BCUT2D eigenvalue weighted by atomic mass is 32.2. The van der Waals surface area contributed by atoms with Gasteiger partial charge in [-0.2, -0.15) is 0 Å². The number of anilines is 1. The number of nitrogens with two attached hydrogens (primary N) is 1. The average molecular weight is 298 g/mol. The van der Waals surface area contributed by atoms with Gasteiger partial charge in [-0.15, -0.1) is 0 Å². The average Bonchev–Trinajstić information content (AvgIpc) is 2.40. The van der Waals surface area contributed by atoms with Crippen LogP contribution in [0.2, 0.25) is 0 Å². The van der Waals surface area contributed by atoms with E-state index in [1.54, 1.807) is 12.1 Å². The van der Waals surface area contributed by atoms with Gasteiger partial charge in [0.2, 0.25) is 10.0 Å². The summed E-state index contributed by atoms with van der Waals surface area (Å²) in [5, 5.41) is 0. The van der Waals surface area contributed by atoms with E-state index in [0.717, 1.165) is 30.4 Å². The largest absolute Gasteiger partial charge is 0.398 e. The van der Waals surface area contributed by atoms with Crippen LogP contribution in [0.15, 0.2) is 17.0 Å². The number of hydrogen-bond acceptors (Lipinski definition) is 3. The molecule has 0 saturated carbocycles. The van der Waals surface area contributed by atoms with Gasteiger partial charge < -0.3 is 5.73 Å². The molecule has 1 aromatic carbocycles. The highest BCUT2D eigenvalue weighted by Crippen LogP contribution is 2.27. The van der Waals surface area contributed by atoms with E-state index in [4.69, 9.17) is 5.73 Å². The molecule has 0 atom stereocenters. The highest BCUT2D eigenvalue weighted by Gasteiger charge is 2.31. The lowest BCUT2D eigenvalue weighted by molar-refractivity contribution is 0.342. The molecule has 0 spiro atoms. The summed E-state index contributed by atoms with van der Waals surface area (Å²) in [6.45, 7) is 9.81. The number of sulfonamides is 1. The van der Waals surface area contributed by atoms with Crippen LogP contribution in [-0.4, -0.2) is 14.0 Å². The normalized spacial score (nSPS) is 12.7. The Bertz CT molecular complexity index is 568. The van der Waals surface area contributed by atoms with Crippen molar-refractivity contribution in [2.75, 3.05) is 5.73 Å². The number of nitrogen functional groups attached to an aromatic ring is 1. The quantitative estimate of drug-likeness (QED) is 0.792. The lowest BCUT2D eigenvalue weighted by Crippen LogP contribution is -2.47. The van der Waals surface area contributed by atoms with Crippen LogP contribution < -0.4 is 10.5 Å². The summed E-state index contributed by atoms with van der Waals surface area (Å²) in [7, 11) is -3.60. The van der Waals surface area contributed by atoms with E-state index in [1.165, 1.54) is 0 Å². The van der Waals surface area contributed by atoms with Crippen molar-refractivity contribution < 1.29 is 8.42 Å². The van der Waals surface area contributed by atoms with Gasteiger partial charge in [0.05, 0.1) is 5.69 Å². The van der Waals surface area contributed by atoms with Crippen LogP contribution in [0.25, 0.3) is 0 Å². The third-order valence-corrected chi connectivity index (χ3v) is 5.93. The Labute approximate surface area is 122 Å². The summed E-state index contributed by atoms with van der Waals surface area (Å²) in [6.07, 6.45) is 2.26. The number of aryl methyl sites for hydroxylation is 2. The van der Waals surface area contributed by atoms with Crippen molar-refractivity contribution in [1.29, 1.82) is 0 Å². The molecular weight excluding hydrogens is 272 g/mol. The van der Waals surface area contributed by atoms with E-state index < -0.39 is 15.6 Å². The van der Waals surface area contributed by atoms with Crippen LogP contribution in [-0.2, 0) is 10.0 Å². The fourth-order valence-corrected chi connectivity index (χ4v) is 4.17. The molecule has 114 valence electrons. The Kier molecular flexibility index (Phi) is 5.21. The van der Waals surface area contributed by atoms with Gasteiger partial charge in [0.1, 0.15) is 4.90 Å². The molecule has 0 fully saturated rings. The van der Waals surface area contributed by atoms with Gasteiger partial charge in [0, 0.05) is 5.54 Å². The van der Waals surface area contributed by atoms with E-state index in [2.05, 4.69) is 4.72 Å². The summed E-state index contributed by atoms with van der Waals surface area (Å²) in [6, 6.07) is 3.37. The third-order valence-electron chi connectivity index (χ3n) is 4.30. The minimum absolute atomic E-state index is 0.181. The number of rotatable bonds is 6. The molecule has 0 aliphatic rings. The van der Waals surface area contributed by atoms with Crippen LogP contribution in [0.3, 0.4) is 0 Å². The monoisotopic (exact) mass is 298 g/mol. The standard InChI is InChI=1S/C15H26N2O2S/c1-6-15(7-2,8-3)17-20(18,19)14-10-12(5)11(4)9-13(14)16/h9-10,17H,6-8,16H2,1-5H3. The lowest BCUT2D eigenvalue weighted by atomic mass is 9.91. The fourth-order valence-electron chi connectivity index (χ4n) is 2.35. The summed E-state index contributed by atoms with van der Waals surface area (Å²) >= 11 is 0. The van der Waals surface area contributed by atoms with E-state index in [0.29, 0.717) is 5.69 Å². The molecule has 0 heterocycles. The van der Waals surface area contributed by atoms with E-state index in [1.807, 2.05) is 34.6 Å². The zero-order valence-electron chi connectivity index (χ0n) is 13.1. The first-order chi connectivity index (χ1) is 9.21. The Morgan fingerprint density at radius 3 is 1.95 bits per heavy atom. The molecule has 5 heteroatoms. The molecule has 0 aliphatic carbocycles. The maximum Gasteiger partial charge on any atom is 0.243 e. The second kappa shape index (κ2) is 6.14. The molecule has 0 amide bonds. The molecule has 0 saturated heterocycles. The lowest BCUT2D eigenvalue weighted by Gasteiger charge is -2.31. The molecule has 0 aromatic heterocycles. The van der Waals surface area contributed by atoms with Crippen molar-refractivity contribution in [3.63, 3.8) is 0 Å². The van der Waals surface area contributed by atoms with Crippen LogP contribution in [0.5, 0.6) is 0 Å². The van der Waals surface area contributed by atoms with Gasteiger partial charge in [0.25, 0.3) is 0 Å². The van der Waals surface area contributed by atoms with Crippen molar-refractivity contribution in [1.82, 2.24) is 4.72 Å². The van der Waals surface area contributed by atoms with Crippen LogP contribution in [0.1, 0.15) is 51.2 Å². The molecule has 1 aromatic rings. The van der Waals surface area contributed by atoms with Gasteiger partial charge >= 0.3 is 0 Å². The predicted octanol–water partition coefficient (Wildman–Crippen LogP) is 3.13. The maximum atomic E-state index is 12.6. The van der Waals surface area contributed by atoms with Gasteiger partial charge in [-0.05, 0) is 56.4 Å². The van der Waals surface area contributed by atoms with Gasteiger partial charge in [0.15, 0.2) is 0 Å². The topological polar surface area (TPSA) is 72.2 Å². The minimum atomic E-state index is -3.60. The first-order valence-corrected chi connectivity index (χ1v) is 8.60. The summed E-state index contributed by atoms with van der Waals surface area (Å²) < 4.78 is 28.1. The SMILES string of the molecule is CCC(CC)(CC)NS(=O)(=O)c1cc(C)c(C)cc1N. The summed E-state index contributed by atoms with van der Waals surface area (Å²) in [5.41, 5.74) is 7.73. The number of nitrogens with one attached hydrogen (secondary N) is 1. The van der Waals surface area contributed by atoms with Crippen molar-refractivity contribution in [3.8, 4) is 0 Å². The van der Waals surface area contributed by atoms with Crippen LogP contribution >= 0.6 is 0 Å². The number of benzene rings is 1. The molecule has 20 heavy (non-hydrogen) atoms. The Hall–Kier alpha value is -1.07. The fraction of sp³-hybridized carbons (Fsp3) is 0.600. The molecule has 0 aliphatic heterocycles. The summed E-state index contributed by atoms with van der Waals surface area (Å²) in [5.74, 6) is 0.